The standard InChI is InChI=1S/C42H66N6O18/c1-25(43-37(55)64-40(4,5)6)34(52)46(58)16-13-31(49)61-22-28-19-29(23-62-32(50)14-17-47(59)35(53)26(2)44-38(56)65-41(7,8)9)21-30(20-28)24-63-33(51)15-18-48(60)36(54)27(3)45-39(57)66-42(10,11)12/h19-21,25-27,58-60H,13-18,22-24H2,1-12H3,(H,43,55)(H,44,56)(H,45,57)/t25-,26-,27-/m0/s1. The van der Waals surface area contributed by atoms with Crippen LogP contribution in [0.25, 0.3) is 0 Å². The van der Waals surface area contributed by atoms with Crippen molar-refractivity contribution in [2.45, 2.75) is 157 Å². The smallest absolute Gasteiger partial charge is 0.408 e. The van der Waals surface area contributed by atoms with E-state index in [2.05, 4.69) is 16.0 Å². The van der Waals surface area contributed by atoms with Crippen LogP contribution in [0, 0.1) is 0 Å². The molecule has 0 heterocycles. The van der Waals surface area contributed by atoms with E-state index in [1.165, 1.54) is 39.0 Å². The maximum atomic E-state index is 12.6. The SMILES string of the molecule is C[C@H](NC(=O)OC(C)(C)C)C(=O)N(O)CCC(=O)OCc1cc(COC(=O)CCN(O)C(=O)[C@H](C)NC(=O)OC(C)(C)C)cc(COC(=O)CCN(O)C(=O)[C@H](C)NC(=O)OC(C)(C)C)c1. The van der Waals surface area contributed by atoms with Crippen molar-refractivity contribution in [1.82, 2.24) is 31.1 Å². The normalized spacial score (nSPS) is 12.8. The summed E-state index contributed by atoms with van der Waals surface area (Å²) in [6.45, 7) is 15.9. The molecule has 6 amide bonds. The van der Waals surface area contributed by atoms with Gasteiger partial charge in [0.15, 0.2) is 0 Å². The Balaban J connectivity index is 2.98. The summed E-state index contributed by atoms with van der Waals surface area (Å²) in [4.78, 5) is 112. The Labute approximate surface area is 383 Å². The number of hydroxylamine groups is 6. The first-order chi connectivity index (χ1) is 30.2. The number of carbonyl (C=O) groups excluding carboxylic acids is 9. The Morgan fingerprint density at radius 1 is 0.455 bits per heavy atom. The van der Waals surface area contributed by atoms with Crippen molar-refractivity contribution in [2.24, 2.45) is 0 Å². The van der Waals surface area contributed by atoms with Gasteiger partial charge in [0.2, 0.25) is 0 Å². The molecule has 0 spiro atoms. The Hall–Kier alpha value is -6.27. The monoisotopic (exact) mass is 942 g/mol. The lowest BCUT2D eigenvalue weighted by molar-refractivity contribution is -0.170. The Morgan fingerprint density at radius 3 is 0.864 bits per heavy atom. The average Bonchev–Trinajstić information content (AvgIpc) is 3.18. The van der Waals surface area contributed by atoms with Gasteiger partial charge in [-0.3, -0.25) is 44.4 Å². The third-order valence-corrected chi connectivity index (χ3v) is 7.97. The molecule has 0 aromatic heterocycles. The number of benzene rings is 1. The topological polar surface area (TPSA) is 316 Å². The molecule has 1 rings (SSSR count). The number of carbonyl (C=O) groups is 9. The Morgan fingerprint density at radius 2 is 0.667 bits per heavy atom. The second-order valence-corrected chi connectivity index (χ2v) is 17.9. The average molecular weight is 943 g/mol. The highest BCUT2D eigenvalue weighted by Gasteiger charge is 2.28. The Bertz CT molecular complexity index is 1650. The maximum absolute atomic E-state index is 12.6. The lowest BCUT2D eigenvalue weighted by atomic mass is 10.1. The van der Waals surface area contributed by atoms with Gasteiger partial charge in [-0.2, -0.15) is 0 Å². The second kappa shape index (κ2) is 26.0. The van der Waals surface area contributed by atoms with Gasteiger partial charge in [0.25, 0.3) is 17.7 Å². The summed E-state index contributed by atoms with van der Waals surface area (Å²) in [5.74, 6) is -5.34. The molecule has 0 saturated carbocycles. The van der Waals surface area contributed by atoms with Gasteiger partial charge in [0, 0.05) is 0 Å². The van der Waals surface area contributed by atoms with Gasteiger partial charge >= 0.3 is 36.2 Å². The summed E-state index contributed by atoms with van der Waals surface area (Å²) < 4.78 is 31.2. The molecule has 1 aromatic carbocycles. The summed E-state index contributed by atoms with van der Waals surface area (Å²) in [6, 6.07) is 0.874. The molecule has 0 aliphatic heterocycles. The van der Waals surface area contributed by atoms with Gasteiger partial charge < -0.3 is 44.4 Å². The van der Waals surface area contributed by atoms with Gasteiger partial charge in [-0.1, -0.05) is 0 Å². The lowest BCUT2D eigenvalue weighted by Gasteiger charge is -2.23. The number of esters is 3. The minimum absolute atomic E-state index is 0.242. The van der Waals surface area contributed by atoms with E-state index in [4.69, 9.17) is 28.4 Å². The van der Waals surface area contributed by atoms with Crippen LogP contribution in [-0.2, 0) is 77.0 Å². The summed E-state index contributed by atoms with van der Waals surface area (Å²) in [5.41, 5.74) is -1.57. The predicted octanol–water partition coefficient (Wildman–Crippen LogP) is 3.38. The number of alkyl carbamates (subject to hydrolysis) is 3. The van der Waals surface area contributed by atoms with Crippen molar-refractivity contribution in [3.8, 4) is 0 Å². The largest absolute Gasteiger partial charge is 0.461 e. The van der Waals surface area contributed by atoms with E-state index in [0.717, 1.165) is 0 Å². The molecule has 0 saturated heterocycles. The van der Waals surface area contributed by atoms with Crippen LogP contribution in [0.2, 0.25) is 0 Å². The highest BCUT2D eigenvalue weighted by Crippen LogP contribution is 2.16. The van der Waals surface area contributed by atoms with E-state index < -0.39 is 128 Å². The van der Waals surface area contributed by atoms with Crippen molar-refractivity contribution in [2.75, 3.05) is 19.6 Å². The van der Waals surface area contributed by atoms with E-state index in [1.54, 1.807) is 62.3 Å². The van der Waals surface area contributed by atoms with Crippen LogP contribution in [-0.4, -0.2) is 139 Å². The quantitative estimate of drug-likeness (QED) is 0.0445. The van der Waals surface area contributed by atoms with Crippen LogP contribution in [0.15, 0.2) is 18.2 Å². The molecule has 24 heteroatoms. The van der Waals surface area contributed by atoms with E-state index >= 15 is 0 Å². The predicted molar refractivity (Wildman–Crippen MR) is 227 cm³/mol. The fourth-order valence-electron chi connectivity index (χ4n) is 5.03. The molecule has 3 atom stereocenters. The minimum Gasteiger partial charge on any atom is -0.461 e. The van der Waals surface area contributed by atoms with Gasteiger partial charge in [0.1, 0.15) is 54.7 Å². The molecule has 0 aliphatic rings. The summed E-state index contributed by atoms with van der Waals surface area (Å²) in [7, 11) is 0. The number of nitrogens with zero attached hydrogens (tertiary/aromatic N) is 3. The number of hydrogen-bond donors (Lipinski definition) is 6. The first-order valence-corrected chi connectivity index (χ1v) is 20.8. The van der Waals surface area contributed by atoms with E-state index in [1.807, 2.05) is 0 Å². The number of amides is 6. The summed E-state index contributed by atoms with van der Waals surface area (Å²) >= 11 is 0. The number of rotatable bonds is 21. The number of hydrogen-bond acceptors (Lipinski definition) is 18. The van der Waals surface area contributed by atoms with Crippen LogP contribution in [0.4, 0.5) is 14.4 Å². The summed E-state index contributed by atoms with van der Waals surface area (Å²) in [6.07, 6.45) is -4.08. The fourth-order valence-corrected chi connectivity index (χ4v) is 5.03. The molecule has 0 unspecified atom stereocenters. The molecule has 66 heavy (non-hydrogen) atoms. The minimum atomic E-state index is -1.20. The van der Waals surface area contributed by atoms with Crippen LogP contribution in [0.5, 0.6) is 0 Å². The highest BCUT2D eigenvalue weighted by molar-refractivity contribution is 5.86. The van der Waals surface area contributed by atoms with Crippen LogP contribution in [0.3, 0.4) is 0 Å². The number of nitrogens with one attached hydrogen (secondary N) is 3. The molecule has 0 bridgehead atoms. The zero-order valence-electron chi connectivity index (χ0n) is 39.6. The zero-order chi connectivity index (χ0) is 50.7. The lowest BCUT2D eigenvalue weighted by Crippen LogP contribution is -2.47. The van der Waals surface area contributed by atoms with E-state index in [-0.39, 0.29) is 35.0 Å². The van der Waals surface area contributed by atoms with E-state index in [9.17, 15) is 58.8 Å². The maximum Gasteiger partial charge on any atom is 0.408 e. The van der Waals surface area contributed by atoms with Crippen LogP contribution in [0.1, 0.15) is 119 Å². The molecule has 0 radical (unpaired) electrons. The van der Waals surface area contributed by atoms with Crippen molar-refractivity contribution in [3.63, 3.8) is 0 Å². The molecule has 6 N–H and O–H groups in total. The van der Waals surface area contributed by atoms with Crippen LogP contribution >= 0.6 is 0 Å². The molecule has 0 aliphatic carbocycles. The molecular weight excluding hydrogens is 876 g/mol. The first-order valence-electron chi connectivity index (χ1n) is 20.8. The molecule has 372 valence electrons. The van der Waals surface area contributed by atoms with Crippen LogP contribution < -0.4 is 16.0 Å². The third-order valence-electron chi connectivity index (χ3n) is 7.97. The third kappa shape index (κ3) is 24.7. The molecular formula is C42H66N6O18. The summed E-state index contributed by atoms with van der Waals surface area (Å²) in [5, 5.41) is 38.2. The molecule has 24 nitrogen and oxygen atoms in total. The van der Waals surface area contributed by atoms with Crippen molar-refractivity contribution < 1.29 is 87.2 Å². The van der Waals surface area contributed by atoms with Gasteiger partial charge in [-0.05, 0) is 118 Å². The van der Waals surface area contributed by atoms with Crippen molar-refractivity contribution >= 4 is 53.9 Å². The molecule has 1 aromatic rings. The first kappa shape index (κ1) is 57.7. The zero-order valence-corrected chi connectivity index (χ0v) is 39.6. The molecule has 0 fully saturated rings. The second-order valence-electron chi connectivity index (χ2n) is 17.9. The fraction of sp³-hybridized carbons (Fsp3) is 0.643. The van der Waals surface area contributed by atoms with Crippen molar-refractivity contribution in [3.05, 3.63) is 34.9 Å². The van der Waals surface area contributed by atoms with Gasteiger partial charge in [-0.25, -0.2) is 29.6 Å². The van der Waals surface area contributed by atoms with Gasteiger partial charge in [-0.15, -0.1) is 0 Å². The van der Waals surface area contributed by atoms with E-state index in [0.29, 0.717) is 16.7 Å². The van der Waals surface area contributed by atoms with Crippen molar-refractivity contribution in [1.29, 1.82) is 0 Å². The van der Waals surface area contributed by atoms with Gasteiger partial charge in [0.05, 0.1) is 38.9 Å². The number of ether oxygens (including phenoxy) is 6. The Kier molecular flexibility index (Phi) is 22.8. The highest BCUT2D eigenvalue weighted by atomic mass is 16.6.